The minimum absolute atomic E-state index is 0.00249. The van der Waals surface area contributed by atoms with E-state index in [9.17, 15) is 13.6 Å². The van der Waals surface area contributed by atoms with Gasteiger partial charge in [-0.3, -0.25) is 9.69 Å². The van der Waals surface area contributed by atoms with Gasteiger partial charge in [-0.25, -0.2) is 8.78 Å². The number of ether oxygens (including phenoxy) is 2. The van der Waals surface area contributed by atoms with Gasteiger partial charge >= 0.3 is 5.97 Å². The number of likely N-dealkylation sites (tertiary alicyclic amines) is 1. The van der Waals surface area contributed by atoms with Crippen molar-refractivity contribution in [2.75, 3.05) is 26.2 Å². The van der Waals surface area contributed by atoms with Gasteiger partial charge < -0.3 is 14.6 Å². The molecule has 162 valence electrons. The average Bonchev–Trinajstić information content (AvgIpc) is 2.74. The molecule has 1 saturated heterocycles. The average molecular weight is 427 g/mol. The number of piperidine rings is 1. The Balaban J connectivity index is 1.71. The predicted octanol–water partition coefficient (Wildman–Crippen LogP) is 4.27. The van der Waals surface area contributed by atoms with Crippen LogP contribution in [0, 0.1) is 11.6 Å². The summed E-state index contributed by atoms with van der Waals surface area (Å²) in [6.45, 7) is 4.57. The normalized spacial score (nSPS) is 17.4. The molecule has 0 bridgehead atoms. The van der Waals surface area contributed by atoms with E-state index in [-0.39, 0.29) is 13.2 Å². The number of hydrogen-bond acceptors (Lipinski definition) is 4. The van der Waals surface area contributed by atoms with Crippen LogP contribution >= 0.6 is 0 Å². The Hall–Kier alpha value is -3.19. The maximum atomic E-state index is 14.7. The fourth-order valence-corrected chi connectivity index (χ4v) is 4.13. The van der Waals surface area contributed by atoms with Gasteiger partial charge in [0.15, 0.2) is 17.4 Å². The molecule has 0 saturated carbocycles. The summed E-state index contributed by atoms with van der Waals surface area (Å²) in [5.74, 6) is -2.23. The summed E-state index contributed by atoms with van der Waals surface area (Å²) < 4.78 is 40.7. The van der Waals surface area contributed by atoms with Gasteiger partial charge in [-0.15, -0.1) is 0 Å². The lowest BCUT2D eigenvalue weighted by Gasteiger charge is -2.42. The number of fused-ring (bicyclic) bond motifs is 1. The van der Waals surface area contributed by atoms with Crippen molar-refractivity contribution in [2.24, 2.45) is 0 Å². The molecule has 1 spiro atoms. The highest BCUT2D eigenvalue weighted by Crippen LogP contribution is 2.44. The van der Waals surface area contributed by atoms with Crippen LogP contribution < -0.4 is 9.47 Å². The van der Waals surface area contributed by atoms with Crippen LogP contribution in [0.3, 0.4) is 0 Å². The summed E-state index contributed by atoms with van der Waals surface area (Å²) >= 11 is 0. The van der Waals surface area contributed by atoms with Crippen LogP contribution in [0.25, 0.3) is 5.57 Å². The Labute approximate surface area is 179 Å². The Morgan fingerprint density at radius 3 is 2.55 bits per heavy atom. The number of benzene rings is 2. The van der Waals surface area contributed by atoms with Gasteiger partial charge in [-0.05, 0) is 35.4 Å². The number of carboxylic acids is 1. The number of halogens is 2. The fourth-order valence-electron chi connectivity index (χ4n) is 4.13. The molecular formula is C24H23F2NO4. The van der Waals surface area contributed by atoms with Crippen molar-refractivity contribution in [1.29, 1.82) is 0 Å². The first-order valence-corrected chi connectivity index (χ1v) is 10.1. The standard InChI is InChI=1S/C24H23F2NO4/c1-2-11-30-23-19(25)12-16(13-20(23)26)18-14-24(31-21-6-4-3-5-17(18)21)7-9-27(10-8-24)15-22(28)29/h2-6,12-14H,1,7-11,15H2,(H,28,29). The molecule has 2 heterocycles. The third-order valence-electron chi connectivity index (χ3n) is 5.61. The zero-order valence-electron chi connectivity index (χ0n) is 16.9. The number of rotatable bonds is 6. The number of carboxylic acid groups (broad SMARTS) is 1. The van der Waals surface area contributed by atoms with Crippen molar-refractivity contribution in [1.82, 2.24) is 4.90 Å². The molecule has 1 N–H and O–H groups in total. The Morgan fingerprint density at radius 1 is 1.23 bits per heavy atom. The van der Waals surface area contributed by atoms with Crippen LogP contribution in [0.1, 0.15) is 24.0 Å². The van der Waals surface area contributed by atoms with Crippen LogP contribution in [0.15, 0.2) is 55.1 Å². The van der Waals surface area contributed by atoms with Crippen LogP contribution in [-0.4, -0.2) is 47.8 Å². The van der Waals surface area contributed by atoms with Crippen molar-refractivity contribution in [3.8, 4) is 11.5 Å². The second-order valence-electron chi connectivity index (χ2n) is 7.76. The topological polar surface area (TPSA) is 59.0 Å². The van der Waals surface area contributed by atoms with Gasteiger partial charge in [-0.1, -0.05) is 30.9 Å². The van der Waals surface area contributed by atoms with Gasteiger partial charge in [-0.2, -0.15) is 0 Å². The summed E-state index contributed by atoms with van der Waals surface area (Å²) in [5.41, 5.74) is 1.16. The molecule has 7 heteroatoms. The second-order valence-corrected chi connectivity index (χ2v) is 7.76. The van der Waals surface area contributed by atoms with Crippen LogP contribution in [0.2, 0.25) is 0 Å². The highest BCUT2D eigenvalue weighted by molar-refractivity contribution is 5.85. The van der Waals surface area contributed by atoms with Crippen molar-refractivity contribution in [3.63, 3.8) is 0 Å². The van der Waals surface area contributed by atoms with E-state index in [4.69, 9.17) is 14.6 Å². The second kappa shape index (κ2) is 8.51. The van der Waals surface area contributed by atoms with E-state index in [0.717, 1.165) is 5.56 Å². The number of nitrogens with zero attached hydrogens (tertiary/aromatic N) is 1. The van der Waals surface area contributed by atoms with Gasteiger partial charge in [0.2, 0.25) is 0 Å². The highest BCUT2D eigenvalue weighted by Gasteiger charge is 2.39. The van der Waals surface area contributed by atoms with E-state index in [1.165, 1.54) is 18.2 Å². The summed E-state index contributed by atoms with van der Waals surface area (Å²) in [7, 11) is 0. The lowest BCUT2D eigenvalue weighted by molar-refractivity contribution is -0.139. The van der Waals surface area contributed by atoms with Crippen LogP contribution in [0.5, 0.6) is 11.5 Å². The fraction of sp³-hybridized carbons (Fsp3) is 0.292. The predicted molar refractivity (Wildman–Crippen MR) is 112 cm³/mol. The Kier molecular flexibility index (Phi) is 5.78. The van der Waals surface area contributed by atoms with E-state index in [2.05, 4.69) is 6.58 Å². The molecule has 31 heavy (non-hydrogen) atoms. The third kappa shape index (κ3) is 4.32. The largest absolute Gasteiger partial charge is 0.483 e. The van der Waals surface area contributed by atoms with E-state index in [1.807, 2.05) is 35.2 Å². The maximum Gasteiger partial charge on any atom is 0.317 e. The number of hydrogen-bond donors (Lipinski definition) is 1. The van der Waals surface area contributed by atoms with Crippen LogP contribution in [-0.2, 0) is 4.79 Å². The SMILES string of the molecule is C=CCOc1c(F)cc(C2=CC3(CCN(CC(=O)O)CC3)Oc3ccccc32)cc1F. The van der Waals surface area contributed by atoms with Gasteiger partial charge in [0, 0.05) is 31.5 Å². The zero-order chi connectivity index (χ0) is 22.0. The summed E-state index contributed by atoms with van der Waals surface area (Å²) in [6, 6.07) is 9.92. The van der Waals surface area contributed by atoms with Gasteiger partial charge in [0.1, 0.15) is 18.0 Å². The van der Waals surface area contributed by atoms with E-state index >= 15 is 0 Å². The minimum atomic E-state index is -0.869. The third-order valence-corrected chi connectivity index (χ3v) is 5.61. The minimum Gasteiger partial charge on any atom is -0.483 e. The molecule has 0 radical (unpaired) electrons. The molecule has 5 nitrogen and oxygen atoms in total. The molecule has 2 aliphatic heterocycles. The zero-order valence-corrected chi connectivity index (χ0v) is 16.9. The monoisotopic (exact) mass is 427 g/mol. The Bertz CT molecular complexity index is 1020. The smallest absolute Gasteiger partial charge is 0.317 e. The summed E-state index contributed by atoms with van der Waals surface area (Å²) in [4.78, 5) is 12.9. The van der Waals surface area contributed by atoms with Gasteiger partial charge in [0.25, 0.3) is 0 Å². The molecule has 2 aliphatic rings. The molecule has 0 aliphatic carbocycles. The molecule has 0 amide bonds. The number of para-hydroxylation sites is 1. The summed E-state index contributed by atoms with van der Waals surface area (Å²) in [6.07, 6.45) is 4.49. The molecule has 2 aromatic rings. The maximum absolute atomic E-state index is 14.7. The van der Waals surface area contributed by atoms with Crippen molar-refractivity contribution in [2.45, 2.75) is 18.4 Å². The first-order valence-electron chi connectivity index (χ1n) is 10.1. The van der Waals surface area contributed by atoms with Crippen molar-refractivity contribution in [3.05, 3.63) is 77.9 Å². The van der Waals surface area contributed by atoms with Crippen LogP contribution in [0.4, 0.5) is 8.78 Å². The number of carbonyl (C=O) groups is 1. The lowest BCUT2D eigenvalue weighted by atomic mass is 9.83. The molecule has 0 atom stereocenters. The molecule has 4 rings (SSSR count). The van der Waals surface area contributed by atoms with E-state index < -0.39 is 29.0 Å². The quantitative estimate of drug-likeness (QED) is 0.698. The summed E-state index contributed by atoms with van der Waals surface area (Å²) in [5, 5.41) is 9.05. The molecular weight excluding hydrogens is 404 g/mol. The molecule has 2 aromatic carbocycles. The number of aliphatic carboxylic acids is 1. The van der Waals surface area contributed by atoms with Gasteiger partial charge in [0.05, 0.1) is 6.54 Å². The lowest BCUT2D eigenvalue weighted by Crippen LogP contribution is -2.49. The van der Waals surface area contributed by atoms with Crippen molar-refractivity contribution >= 4 is 11.5 Å². The molecule has 0 unspecified atom stereocenters. The first-order chi connectivity index (χ1) is 14.9. The molecule has 1 fully saturated rings. The van der Waals surface area contributed by atoms with Crippen molar-refractivity contribution < 1.29 is 28.2 Å². The van der Waals surface area contributed by atoms with E-state index in [0.29, 0.717) is 42.8 Å². The first kappa shape index (κ1) is 21.1. The van der Waals surface area contributed by atoms with E-state index in [1.54, 1.807) is 0 Å². The Morgan fingerprint density at radius 2 is 1.90 bits per heavy atom. The highest BCUT2D eigenvalue weighted by atomic mass is 19.1. The molecule has 0 aromatic heterocycles.